The molecule has 1 aliphatic heterocycles. The largest absolute Gasteiger partial charge is 0.489 e. The number of para-hydroxylation sites is 1. The van der Waals surface area contributed by atoms with Crippen LogP contribution in [0.15, 0.2) is 84.9 Å². The molecule has 0 radical (unpaired) electrons. The van der Waals surface area contributed by atoms with E-state index in [-0.39, 0.29) is 5.91 Å². The zero-order valence-electron chi connectivity index (χ0n) is 23.3. The van der Waals surface area contributed by atoms with Gasteiger partial charge in [0, 0.05) is 35.6 Å². The first-order valence-electron chi connectivity index (χ1n) is 14.0. The van der Waals surface area contributed by atoms with Crippen molar-refractivity contribution >= 4 is 22.7 Å². The van der Waals surface area contributed by atoms with Gasteiger partial charge in [-0.2, -0.15) is 0 Å². The summed E-state index contributed by atoms with van der Waals surface area (Å²) in [5, 5.41) is 10.4. The summed E-state index contributed by atoms with van der Waals surface area (Å²) in [5.41, 5.74) is 5.40. The lowest BCUT2D eigenvalue weighted by Gasteiger charge is -2.26. The van der Waals surface area contributed by atoms with E-state index in [2.05, 4.69) is 11.0 Å². The van der Waals surface area contributed by atoms with Gasteiger partial charge in [0.25, 0.3) is 0 Å². The quantitative estimate of drug-likeness (QED) is 0.249. The highest BCUT2D eigenvalue weighted by Crippen LogP contribution is 2.56. The smallest absolute Gasteiger partial charge is 0.247 e. The average molecular weight is 551 g/mol. The van der Waals surface area contributed by atoms with Crippen LogP contribution >= 0.6 is 0 Å². The number of pyridine rings is 1. The Morgan fingerprint density at radius 2 is 1.78 bits per heavy atom. The van der Waals surface area contributed by atoms with Crippen LogP contribution in [0.3, 0.4) is 0 Å². The first kappa shape index (κ1) is 26.9. The monoisotopic (exact) mass is 550 g/mol. The number of carbonyl (C=O) groups excluding carboxylic acids is 2. The third-order valence-electron chi connectivity index (χ3n) is 8.59. The number of carbonyl (C=O) groups is 2. The molecule has 3 aromatic carbocycles. The normalized spacial score (nSPS) is 21.7. The third-order valence-corrected chi connectivity index (χ3v) is 8.59. The topological polar surface area (TPSA) is 95.0 Å². The number of hydrogen-bond donors (Lipinski definition) is 2. The van der Waals surface area contributed by atoms with Crippen LogP contribution in [0.4, 0.5) is 0 Å². The van der Waals surface area contributed by atoms with Gasteiger partial charge in [-0.15, -0.1) is 0 Å². The molecule has 2 heterocycles. The number of hydrogen-bond acceptors (Lipinski definition) is 6. The number of amides is 2. The number of likely N-dealkylation sites (tertiary alicyclic amines) is 1. The van der Waals surface area contributed by atoms with Gasteiger partial charge < -0.3 is 14.5 Å². The minimum Gasteiger partial charge on any atom is -0.489 e. The Labute approximate surface area is 239 Å². The summed E-state index contributed by atoms with van der Waals surface area (Å²) in [6, 6.07) is 27.9. The lowest BCUT2D eigenvalue weighted by molar-refractivity contribution is -0.137. The molecule has 0 spiro atoms. The third kappa shape index (κ3) is 5.05. The molecule has 1 aromatic heterocycles. The zero-order valence-corrected chi connectivity index (χ0v) is 23.3. The number of ether oxygens (including phenoxy) is 1. The second kappa shape index (κ2) is 11.0. The summed E-state index contributed by atoms with van der Waals surface area (Å²) in [4.78, 5) is 35.1. The van der Waals surface area contributed by atoms with E-state index < -0.39 is 17.2 Å². The Morgan fingerprint density at radius 1 is 1.05 bits per heavy atom. The number of aromatic nitrogens is 1. The summed E-state index contributed by atoms with van der Waals surface area (Å²) in [6.45, 7) is 1.64. The maximum Gasteiger partial charge on any atom is 0.247 e. The van der Waals surface area contributed by atoms with Gasteiger partial charge in [0.2, 0.25) is 11.8 Å². The molecule has 4 aromatic rings. The summed E-state index contributed by atoms with van der Waals surface area (Å²) in [6.07, 6.45) is 1.26. The second-order valence-corrected chi connectivity index (χ2v) is 11.2. The molecule has 1 aliphatic carbocycles. The molecule has 210 valence electrons. The Balaban J connectivity index is 1.23. The standard InChI is InChI=1S/C33H34N4O4/c1-36(2)25-16-17-37(20-25)32(39)33(19-28(33)31(38)35-40)24-12-14-26(15-13-24)41-21-23-18-30(22-8-4-3-5-9-22)34-29-11-7-6-10-27(23)29/h3-15,18,25,28,40H,16-17,19-21H2,1-2H3,(H,35,38)/t25-,28-,33-/m1/s1. The fraction of sp³-hybridized carbons (Fsp3) is 0.303. The van der Waals surface area contributed by atoms with Crippen molar-refractivity contribution in [2.45, 2.75) is 30.9 Å². The molecule has 1 saturated carbocycles. The summed E-state index contributed by atoms with van der Waals surface area (Å²) < 4.78 is 6.23. The zero-order chi connectivity index (χ0) is 28.6. The molecule has 8 nitrogen and oxygen atoms in total. The van der Waals surface area contributed by atoms with Crippen molar-refractivity contribution in [2.24, 2.45) is 5.92 Å². The minimum atomic E-state index is -0.974. The van der Waals surface area contributed by atoms with E-state index in [0.29, 0.717) is 37.9 Å². The fourth-order valence-corrected chi connectivity index (χ4v) is 6.10. The Morgan fingerprint density at radius 3 is 2.49 bits per heavy atom. The number of nitrogens with zero attached hydrogens (tertiary/aromatic N) is 3. The lowest BCUT2D eigenvalue weighted by atomic mass is 9.91. The van der Waals surface area contributed by atoms with Crippen LogP contribution in [0.25, 0.3) is 22.2 Å². The molecular formula is C33H34N4O4. The number of nitrogens with one attached hydrogen (secondary N) is 1. The molecule has 3 atom stereocenters. The number of likely N-dealkylation sites (N-methyl/N-ethyl adjacent to an activating group) is 1. The van der Waals surface area contributed by atoms with Crippen molar-refractivity contribution in [1.29, 1.82) is 0 Å². The first-order valence-corrected chi connectivity index (χ1v) is 14.0. The Hall–Kier alpha value is -4.27. The van der Waals surface area contributed by atoms with E-state index in [4.69, 9.17) is 9.72 Å². The molecule has 0 unspecified atom stereocenters. The van der Waals surface area contributed by atoms with Crippen LogP contribution in [0, 0.1) is 5.92 Å². The molecule has 2 fully saturated rings. The SMILES string of the molecule is CN(C)[C@@H]1CCN(C(=O)[C@@]2(c3ccc(OCc4cc(-c5ccccc5)nc5ccccc45)cc3)C[C@@H]2C(=O)NO)C1. The molecule has 1 saturated heterocycles. The molecule has 2 amide bonds. The highest BCUT2D eigenvalue weighted by molar-refractivity contribution is 6.00. The number of benzene rings is 3. The number of rotatable bonds is 8. The first-order chi connectivity index (χ1) is 19.9. The average Bonchev–Trinajstić information content (AvgIpc) is 3.57. The number of hydroxylamine groups is 1. The van der Waals surface area contributed by atoms with Crippen molar-refractivity contribution in [2.75, 3.05) is 27.2 Å². The molecule has 8 heteroatoms. The van der Waals surface area contributed by atoms with Gasteiger partial charge in [-0.05, 0) is 56.8 Å². The molecule has 0 bridgehead atoms. The maximum absolute atomic E-state index is 13.8. The van der Waals surface area contributed by atoms with Gasteiger partial charge >= 0.3 is 0 Å². The molecule has 2 aliphatic rings. The van der Waals surface area contributed by atoms with E-state index in [9.17, 15) is 14.8 Å². The van der Waals surface area contributed by atoms with Crippen molar-refractivity contribution in [1.82, 2.24) is 20.3 Å². The van der Waals surface area contributed by atoms with Crippen LogP contribution in [0.2, 0.25) is 0 Å². The predicted octanol–water partition coefficient (Wildman–Crippen LogP) is 4.41. The van der Waals surface area contributed by atoms with Gasteiger partial charge in [-0.3, -0.25) is 14.8 Å². The van der Waals surface area contributed by atoms with E-state index in [0.717, 1.165) is 39.7 Å². The van der Waals surface area contributed by atoms with E-state index in [1.807, 2.05) is 97.9 Å². The fourth-order valence-electron chi connectivity index (χ4n) is 6.10. The van der Waals surface area contributed by atoms with Crippen LogP contribution in [0.5, 0.6) is 5.75 Å². The van der Waals surface area contributed by atoms with Gasteiger partial charge in [0.1, 0.15) is 12.4 Å². The van der Waals surface area contributed by atoms with Gasteiger partial charge in [-0.25, -0.2) is 10.5 Å². The van der Waals surface area contributed by atoms with Crippen LogP contribution in [-0.2, 0) is 21.6 Å². The lowest BCUT2D eigenvalue weighted by Crippen LogP contribution is -2.42. The van der Waals surface area contributed by atoms with E-state index in [1.54, 1.807) is 5.48 Å². The summed E-state index contributed by atoms with van der Waals surface area (Å²) in [5.74, 6) is -0.525. The van der Waals surface area contributed by atoms with Crippen molar-refractivity contribution < 1.29 is 19.5 Å². The van der Waals surface area contributed by atoms with Gasteiger partial charge in [-0.1, -0.05) is 60.7 Å². The summed E-state index contributed by atoms with van der Waals surface area (Å²) in [7, 11) is 4.03. The molecule has 6 rings (SSSR count). The van der Waals surface area contributed by atoms with Gasteiger partial charge in [0.05, 0.1) is 22.5 Å². The van der Waals surface area contributed by atoms with Crippen molar-refractivity contribution in [3.05, 3.63) is 96.1 Å². The van der Waals surface area contributed by atoms with E-state index in [1.165, 1.54) is 0 Å². The molecule has 41 heavy (non-hydrogen) atoms. The predicted molar refractivity (Wildman–Crippen MR) is 156 cm³/mol. The van der Waals surface area contributed by atoms with Crippen molar-refractivity contribution in [3.63, 3.8) is 0 Å². The maximum atomic E-state index is 13.8. The van der Waals surface area contributed by atoms with Crippen molar-refractivity contribution in [3.8, 4) is 17.0 Å². The van der Waals surface area contributed by atoms with Crippen LogP contribution in [-0.4, -0.2) is 65.0 Å². The molecule has 2 N–H and O–H groups in total. The summed E-state index contributed by atoms with van der Waals surface area (Å²) >= 11 is 0. The highest BCUT2D eigenvalue weighted by Gasteiger charge is 2.66. The van der Waals surface area contributed by atoms with E-state index >= 15 is 0 Å². The van der Waals surface area contributed by atoms with Crippen LogP contribution in [0.1, 0.15) is 24.0 Å². The highest BCUT2D eigenvalue weighted by atomic mass is 16.5. The van der Waals surface area contributed by atoms with Crippen LogP contribution < -0.4 is 10.2 Å². The second-order valence-electron chi connectivity index (χ2n) is 11.2. The Bertz CT molecular complexity index is 1570. The number of fused-ring (bicyclic) bond motifs is 1. The Kier molecular flexibility index (Phi) is 7.19. The van der Waals surface area contributed by atoms with Gasteiger partial charge in [0.15, 0.2) is 0 Å². The minimum absolute atomic E-state index is 0.0548. The molecular weight excluding hydrogens is 516 g/mol.